The number of nitro groups is 1. The molecule has 1 aromatic rings. The zero-order chi connectivity index (χ0) is 10.6. The Labute approximate surface area is 86.1 Å². The van der Waals surface area contributed by atoms with E-state index in [0.717, 1.165) is 0 Å². The van der Waals surface area contributed by atoms with Gasteiger partial charge in [-0.05, 0) is 6.07 Å². The van der Waals surface area contributed by atoms with Gasteiger partial charge in [0.2, 0.25) is 6.54 Å². The number of hydrogen-bond acceptors (Lipinski definition) is 2. The molecule has 1 aromatic carbocycles. The van der Waals surface area contributed by atoms with Gasteiger partial charge < -0.3 is 4.85 Å². The van der Waals surface area contributed by atoms with E-state index in [1.165, 1.54) is 12.1 Å². The smallest absolute Gasteiger partial charge is 0.274 e. The van der Waals surface area contributed by atoms with Crippen molar-refractivity contribution in [3.05, 3.63) is 50.3 Å². The Kier molecular flexibility index (Phi) is 3.43. The van der Waals surface area contributed by atoms with E-state index in [0.29, 0.717) is 17.0 Å². The number of nitro benzene ring substituents is 1. The van der Waals surface area contributed by atoms with Crippen LogP contribution >= 0.6 is 11.6 Å². The van der Waals surface area contributed by atoms with E-state index in [1.807, 2.05) is 0 Å². The van der Waals surface area contributed by atoms with Crippen LogP contribution in [0.2, 0.25) is 5.02 Å². The fraction of sp³-hybridized carbons (Fsp3) is 0.222. The molecule has 0 unspecified atom stereocenters. The molecule has 14 heavy (non-hydrogen) atoms. The molecule has 0 saturated carbocycles. The summed E-state index contributed by atoms with van der Waals surface area (Å²) in [4.78, 5) is 13.3. The van der Waals surface area contributed by atoms with Crippen molar-refractivity contribution in [3.8, 4) is 0 Å². The largest absolute Gasteiger partial charge is 0.317 e. The molecule has 0 fully saturated rings. The lowest BCUT2D eigenvalue weighted by Gasteiger charge is -2.00. The topological polar surface area (TPSA) is 47.5 Å². The fourth-order valence-corrected chi connectivity index (χ4v) is 1.40. The lowest BCUT2D eigenvalue weighted by Crippen LogP contribution is -1.97. The number of rotatable bonds is 3. The van der Waals surface area contributed by atoms with Gasteiger partial charge in [0.1, 0.15) is 0 Å². The highest BCUT2D eigenvalue weighted by Gasteiger charge is 2.16. The van der Waals surface area contributed by atoms with Crippen LogP contribution in [0, 0.1) is 16.7 Å². The highest BCUT2D eigenvalue weighted by molar-refractivity contribution is 6.31. The van der Waals surface area contributed by atoms with Gasteiger partial charge in [-0.2, -0.15) is 0 Å². The quantitative estimate of drug-likeness (QED) is 0.438. The minimum absolute atomic E-state index is 0.0128. The molecule has 0 saturated heterocycles. The summed E-state index contributed by atoms with van der Waals surface area (Å²) in [5.74, 6) is 0. The van der Waals surface area contributed by atoms with E-state index in [-0.39, 0.29) is 12.2 Å². The van der Waals surface area contributed by atoms with Gasteiger partial charge in [-0.1, -0.05) is 17.7 Å². The second-order valence-corrected chi connectivity index (χ2v) is 3.03. The van der Waals surface area contributed by atoms with Crippen LogP contribution in [0.1, 0.15) is 5.56 Å². The molecule has 5 heteroatoms. The summed E-state index contributed by atoms with van der Waals surface area (Å²) in [5.41, 5.74) is 0.427. The van der Waals surface area contributed by atoms with Crippen LogP contribution in [-0.2, 0) is 6.42 Å². The molecule has 0 aliphatic rings. The highest BCUT2D eigenvalue weighted by Crippen LogP contribution is 2.26. The van der Waals surface area contributed by atoms with E-state index in [9.17, 15) is 10.1 Å². The summed E-state index contributed by atoms with van der Waals surface area (Å²) in [6.07, 6.45) is 0.319. The average Bonchev–Trinajstić information content (AvgIpc) is 2.15. The fourth-order valence-electron chi connectivity index (χ4n) is 1.13. The van der Waals surface area contributed by atoms with Crippen LogP contribution in [0.5, 0.6) is 0 Å². The Hall–Kier alpha value is -1.60. The maximum Gasteiger partial charge on any atom is 0.274 e. The van der Waals surface area contributed by atoms with Crippen molar-refractivity contribution in [3.63, 3.8) is 0 Å². The number of hydrogen-bond donors (Lipinski definition) is 0. The van der Waals surface area contributed by atoms with Crippen molar-refractivity contribution in [1.82, 2.24) is 0 Å². The molecule has 0 amide bonds. The monoisotopic (exact) mass is 210 g/mol. The maximum atomic E-state index is 10.6. The Morgan fingerprint density at radius 1 is 1.57 bits per heavy atom. The van der Waals surface area contributed by atoms with Crippen LogP contribution < -0.4 is 0 Å². The third-order valence-electron chi connectivity index (χ3n) is 1.76. The highest BCUT2D eigenvalue weighted by atomic mass is 35.5. The summed E-state index contributed by atoms with van der Waals surface area (Å²) in [6, 6.07) is 4.51. The third-order valence-corrected chi connectivity index (χ3v) is 2.12. The lowest BCUT2D eigenvalue weighted by atomic mass is 10.1. The molecule has 0 heterocycles. The minimum atomic E-state index is -0.481. The normalized spacial score (nSPS) is 9.43. The van der Waals surface area contributed by atoms with E-state index < -0.39 is 4.92 Å². The standard InChI is InChI=1S/C9H7ClN2O2/c1-11-6-5-7-8(10)3-2-4-9(7)12(13)14/h2-4H,5-6H2. The van der Waals surface area contributed by atoms with Crippen molar-refractivity contribution >= 4 is 17.3 Å². The Morgan fingerprint density at radius 2 is 2.29 bits per heavy atom. The van der Waals surface area contributed by atoms with Gasteiger partial charge in [-0.25, -0.2) is 6.57 Å². The molecule has 4 nitrogen and oxygen atoms in total. The zero-order valence-electron chi connectivity index (χ0n) is 7.24. The van der Waals surface area contributed by atoms with Gasteiger partial charge in [0.15, 0.2) is 0 Å². The van der Waals surface area contributed by atoms with E-state index in [1.54, 1.807) is 6.07 Å². The Morgan fingerprint density at radius 3 is 2.86 bits per heavy atom. The summed E-state index contributed by atoms with van der Waals surface area (Å²) < 4.78 is 0. The first-order valence-electron chi connectivity index (χ1n) is 3.92. The van der Waals surface area contributed by atoms with Crippen LogP contribution in [0.15, 0.2) is 18.2 Å². The number of halogens is 1. The molecule has 0 spiro atoms. The van der Waals surface area contributed by atoms with Crippen LogP contribution in [0.3, 0.4) is 0 Å². The van der Waals surface area contributed by atoms with Gasteiger partial charge >= 0.3 is 0 Å². The predicted molar refractivity (Wildman–Crippen MR) is 53.3 cm³/mol. The third kappa shape index (κ3) is 2.21. The van der Waals surface area contributed by atoms with Gasteiger partial charge in [0.25, 0.3) is 5.69 Å². The minimum Gasteiger partial charge on any atom is -0.317 e. The van der Waals surface area contributed by atoms with Gasteiger partial charge in [-0.3, -0.25) is 10.1 Å². The maximum absolute atomic E-state index is 10.6. The average molecular weight is 211 g/mol. The summed E-state index contributed by atoms with van der Waals surface area (Å²) in [7, 11) is 0. The first kappa shape index (κ1) is 10.5. The summed E-state index contributed by atoms with van der Waals surface area (Å²) >= 11 is 5.80. The van der Waals surface area contributed by atoms with Gasteiger partial charge in [-0.15, -0.1) is 0 Å². The summed E-state index contributed by atoms with van der Waals surface area (Å²) in [6.45, 7) is 6.83. The SMILES string of the molecule is [C-]#[N+]CCc1c(Cl)cccc1[N+](=O)[O-]. The molecule has 0 aromatic heterocycles. The van der Waals surface area contributed by atoms with E-state index in [2.05, 4.69) is 4.85 Å². The Balaban J connectivity index is 3.10. The van der Waals surface area contributed by atoms with Crippen molar-refractivity contribution in [2.24, 2.45) is 0 Å². The molecule has 0 aliphatic heterocycles. The molecule has 0 bridgehead atoms. The number of benzene rings is 1. The van der Waals surface area contributed by atoms with Crippen molar-refractivity contribution in [2.45, 2.75) is 6.42 Å². The first-order valence-corrected chi connectivity index (χ1v) is 4.29. The molecule has 0 radical (unpaired) electrons. The van der Waals surface area contributed by atoms with Crippen LogP contribution in [0.25, 0.3) is 4.85 Å². The zero-order valence-corrected chi connectivity index (χ0v) is 7.99. The van der Waals surface area contributed by atoms with Crippen molar-refractivity contribution < 1.29 is 4.92 Å². The second-order valence-electron chi connectivity index (χ2n) is 2.63. The molecule has 72 valence electrons. The van der Waals surface area contributed by atoms with E-state index >= 15 is 0 Å². The lowest BCUT2D eigenvalue weighted by molar-refractivity contribution is -0.385. The molecular formula is C9H7ClN2O2. The predicted octanol–water partition coefficient (Wildman–Crippen LogP) is 2.71. The first-order chi connectivity index (χ1) is 6.66. The van der Waals surface area contributed by atoms with Gasteiger partial charge in [0, 0.05) is 6.07 Å². The second kappa shape index (κ2) is 4.58. The van der Waals surface area contributed by atoms with Crippen LogP contribution in [0.4, 0.5) is 5.69 Å². The van der Waals surface area contributed by atoms with E-state index in [4.69, 9.17) is 18.2 Å². The molecule has 1 rings (SSSR count). The Bertz CT molecular complexity index is 398. The molecule has 0 aliphatic carbocycles. The number of nitrogens with zero attached hydrogens (tertiary/aromatic N) is 2. The molecular weight excluding hydrogens is 204 g/mol. The molecule has 0 N–H and O–H groups in total. The molecule has 0 atom stereocenters. The van der Waals surface area contributed by atoms with Crippen LogP contribution in [-0.4, -0.2) is 11.5 Å². The summed E-state index contributed by atoms with van der Waals surface area (Å²) in [5, 5.41) is 11.0. The van der Waals surface area contributed by atoms with Gasteiger partial charge in [0.05, 0.1) is 21.9 Å². The van der Waals surface area contributed by atoms with Crippen molar-refractivity contribution in [1.29, 1.82) is 0 Å². The van der Waals surface area contributed by atoms with Crippen molar-refractivity contribution in [2.75, 3.05) is 6.54 Å².